The fourth-order valence-corrected chi connectivity index (χ4v) is 4.55. The average molecular weight is 450 g/mol. The topological polar surface area (TPSA) is 78.4 Å². The van der Waals surface area contributed by atoms with Crippen molar-refractivity contribution in [2.24, 2.45) is 5.92 Å². The predicted octanol–water partition coefficient (Wildman–Crippen LogP) is 3.95. The Hall–Kier alpha value is -3.26. The summed E-state index contributed by atoms with van der Waals surface area (Å²) in [4.78, 5) is 39.0. The minimum Gasteiger partial charge on any atom is -0.342 e. The Balaban J connectivity index is 1.34. The summed E-state index contributed by atoms with van der Waals surface area (Å²) in [6, 6.07) is 13.6. The Kier molecular flexibility index (Phi) is 6.50. The van der Waals surface area contributed by atoms with Crippen LogP contribution in [0.4, 0.5) is 17.3 Å². The molecule has 1 aliphatic rings. The largest absolute Gasteiger partial charge is 0.342 e. The van der Waals surface area contributed by atoms with Gasteiger partial charge in [-0.3, -0.25) is 9.59 Å². The first-order valence-corrected chi connectivity index (χ1v) is 11.5. The van der Waals surface area contributed by atoms with Gasteiger partial charge in [-0.05, 0) is 62.0 Å². The number of nitrogens with zero attached hydrogens (tertiary/aromatic N) is 4. The molecule has 1 atom stereocenters. The zero-order valence-electron chi connectivity index (χ0n) is 18.5. The van der Waals surface area contributed by atoms with Crippen LogP contribution >= 0.6 is 11.3 Å². The third-order valence-electron chi connectivity index (χ3n) is 5.59. The summed E-state index contributed by atoms with van der Waals surface area (Å²) in [5.41, 5.74) is 3.46. The van der Waals surface area contributed by atoms with E-state index in [0.717, 1.165) is 23.5 Å². The van der Waals surface area contributed by atoms with Gasteiger partial charge in [0, 0.05) is 54.2 Å². The molecule has 1 aromatic carbocycles. The molecule has 0 spiro atoms. The summed E-state index contributed by atoms with van der Waals surface area (Å²) in [5, 5.41) is 4.99. The number of nitrogens with one attached hydrogen (secondary N) is 1. The highest BCUT2D eigenvalue weighted by molar-refractivity contribution is 7.09. The molecule has 3 aromatic rings. The first kappa shape index (κ1) is 22.0. The summed E-state index contributed by atoms with van der Waals surface area (Å²) in [5.74, 6) is 0.242. The van der Waals surface area contributed by atoms with Crippen molar-refractivity contribution in [3.8, 4) is 0 Å². The maximum absolute atomic E-state index is 12.7. The number of anilines is 3. The molecule has 3 heterocycles. The second-order valence-electron chi connectivity index (χ2n) is 8.12. The summed E-state index contributed by atoms with van der Waals surface area (Å²) in [7, 11) is 1.91. The predicted molar refractivity (Wildman–Crippen MR) is 127 cm³/mol. The van der Waals surface area contributed by atoms with Crippen molar-refractivity contribution < 1.29 is 9.59 Å². The highest BCUT2D eigenvalue weighted by Gasteiger charge is 2.34. The van der Waals surface area contributed by atoms with Crippen LogP contribution in [-0.4, -0.2) is 46.8 Å². The molecule has 1 unspecified atom stereocenters. The summed E-state index contributed by atoms with van der Waals surface area (Å²) in [6.45, 7) is 5.02. The van der Waals surface area contributed by atoms with E-state index in [0.29, 0.717) is 24.7 Å². The average Bonchev–Trinajstić information content (AvgIpc) is 3.41. The van der Waals surface area contributed by atoms with Crippen LogP contribution in [0, 0.1) is 19.8 Å². The van der Waals surface area contributed by atoms with Gasteiger partial charge in [0.05, 0.1) is 5.92 Å². The SMILES string of the molecule is Cc1cc(C)nc(N(C)c2ccc(NC(=O)C3CC(=O)N(CCc4cccs4)C3)cc2)n1. The molecule has 0 bridgehead atoms. The van der Waals surface area contributed by atoms with Crippen LogP contribution in [0.3, 0.4) is 0 Å². The van der Waals surface area contributed by atoms with Crippen LogP contribution in [0.2, 0.25) is 0 Å². The van der Waals surface area contributed by atoms with E-state index in [2.05, 4.69) is 21.4 Å². The van der Waals surface area contributed by atoms with Crippen molar-refractivity contribution in [2.75, 3.05) is 30.4 Å². The van der Waals surface area contributed by atoms with E-state index in [9.17, 15) is 9.59 Å². The molecule has 7 nitrogen and oxygen atoms in total. The number of hydrogen-bond acceptors (Lipinski definition) is 6. The number of rotatable bonds is 7. The number of hydrogen-bond donors (Lipinski definition) is 1. The lowest BCUT2D eigenvalue weighted by Gasteiger charge is -2.19. The lowest BCUT2D eigenvalue weighted by atomic mass is 10.1. The number of carbonyl (C=O) groups is 2. The summed E-state index contributed by atoms with van der Waals surface area (Å²) in [6.07, 6.45) is 1.10. The van der Waals surface area contributed by atoms with E-state index < -0.39 is 0 Å². The second kappa shape index (κ2) is 9.48. The zero-order chi connectivity index (χ0) is 22.7. The Morgan fingerprint density at radius 2 is 1.91 bits per heavy atom. The molecule has 1 aliphatic heterocycles. The number of aryl methyl sites for hydroxylation is 2. The van der Waals surface area contributed by atoms with Gasteiger partial charge in [0.1, 0.15) is 0 Å². The van der Waals surface area contributed by atoms with Crippen LogP contribution in [0.15, 0.2) is 47.8 Å². The zero-order valence-corrected chi connectivity index (χ0v) is 19.4. The highest BCUT2D eigenvalue weighted by atomic mass is 32.1. The van der Waals surface area contributed by atoms with E-state index in [1.54, 1.807) is 16.2 Å². The smallest absolute Gasteiger partial charge is 0.230 e. The number of aromatic nitrogens is 2. The van der Waals surface area contributed by atoms with Crippen LogP contribution in [-0.2, 0) is 16.0 Å². The maximum Gasteiger partial charge on any atom is 0.230 e. The van der Waals surface area contributed by atoms with Crippen molar-refractivity contribution in [3.63, 3.8) is 0 Å². The van der Waals surface area contributed by atoms with Crippen LogP contribution in [0.25, 0.3) is 0 Å². The second-order valence-corrected chi connectivity index (χ2v) is 9.15. The maximum atomic E-state index is 12.7. The van der Waals surface area contributed by atoms with Crippen molar-refractivity contribution in [1.82, 2.24) is 14.9 Å². The molecule has 8 heteroatoms. The number of thiophene rings is 1. The molecule has 0 radical (unpaired) electrons. The lowest BCUT2D eigenvalue weighted by Crippen LogP contribution is -2.29. The standard InChI is InChI=1S/C24H27N5O2S/c1-16-13-17(2)26-24(25-16)28(3)20-8-6-19(7-9-20)27-23(31)18-14-22(30)29(15-18)11-10-21-5-4-12-32-21/h4-9,12-13,18H,10-11,14-15H2,1-3H3,(H,27,31). The van der Waals surface area contributed by atoms with Gasteiger partial charge in [0.25, 0.3) is 0 Å². The van der Waals surface area contributed by atoms with E-state index in [1.165, 1.54) is 4.88 Å². The lowest BCUT2D eigenvalue weighted by molar-refractivity contribution is -0.128. The molecule has 32 heavy (non-hydrogen) atoms. The van der Waals surface area contributed by atoms with Gasteiger partial charge in [-0.1, -0.05) is 6.07 Å². The third-order valence-corrected chi connectivity index (χ3v) is 6.52. The molecular formula is C24H27N5O2S. The summed E-state index contributed by atoms with van der Waals surface area (Å²) >= 11 is 1.69. The first-order chi connectivity index (χ1) is 15.4. The summed E-state index contributed by atoms with van der Waals surface area (Å²) < 4.78 is 0. The molecule has 0 saturated carbocycles. The fraction of sp³-hybridized carbons (Fsp3) is 0.333. The third kappa shape index (κ3) is 5.13. The Bertz CT molecular complexity index is 1080. The number of likely N-dealkylation sites (tertiary alicyclic amines) is 1. The van der Waals surface area contributed by atoms with Gasteiger partial charge in [0.2, 0.25) is 17.8 Å². The molecular weight excluding hydrogens is 422 g/mol. The molecule has 4 rings (SSSR count). The Labute approximate surface area is 192 Å². The van der Waals surface area contributed by atoms with Crippen LogP contribution in [0.5, 0.6) is 0 Å². The number of carbonyl (C=O) groups excluding carboxylic acids is 2. The molecule has 1 fully saturated rings. The van der Waals surface area contributed by atoms with E-state index in [-0.39, 0.29) is 24.2 Å². The first-order valence-electron chi connectivity index (χ1n) is 10.7. The molecule has 166 valence electrons. The molecule has 0 aliphatic carbocycles. The van der Waals surface area contributed by atoms with Crippen LogP contribution < -0.4 is 10.2 Å². The van der Waals surface area contributed by atoms with Gasteiger partial charge in [-0.2, -0.15) is 0 Å². The van der Waals surface area contributed by atoms with Gasteiger partial charge in [0.15, 0.2) is 0 Å². The molecule has 2 aromatic heterocycles. The Morgan fingerprint density at radius 1 is 1.19 bits per heavy atom. The van der Waals surface area contributed by atoms with E-state index >= 15 is 0 Å². The van der Waals surface area contributed by atoms with Gasteiger partial charge in [-0.25, -0.2) is 9.97 Å². The van der Waals surface area contributed by atoms with Crippen molar-refractivity contribution in [1.29, 1.82) is 0 Å². The van der Waals surface area contributed by atoms with Crippen LogP contribution in [0.1, 0.15) is 22.7 Å². The van der Waals surface area contributed by atoms with E-state index in [1.807, 2.05) is 67.6 Å². The minimum absolute atomic E-state index is 0.0483. The quantitative estimate of drug-likeness (QED) is 0.591. The minimum atomic E-state index is -0.322. The number of benzene rings is 1. The highest BCUT2D eigenvalue weighted by Crippen LogP contribution is 2.24. The fourth-order valence-electron chi connectivity index (χ4n) is 3.85. The monoisotopic (exact) mass is 449 g/mol. The molecule has 1 N–H and O–H groups in total. The van der Waals surface area contributed by atoms with Gasteiger partial charge < -0.3 is 15.1 Å². The van der Waals surface area contributed by atoms with E-state index in [4.69, 9.17) is 0 Å². The normalized spacial score (nSPS) is 15.8. The molecule has 2 amide bonds. The Morgan fingerprint density at radius 3 is 2.56 bits per heavy atom. The van der Waals surface area contributed by atoms with Crippen molar-refractivity contribution in [3.05, 3.63) is 64.1 Å². The molecule has 1 saturated heterocycles. The number of amides is 2. The van der Waals surface area contributed by atoms with Crippen molar-refractivity contribution in [2.45, 2.75) is 26.7 Å². The van der Waals surface area contributed by atoms with Gasteiger partial charge in [-0.15, -0.1) is 11.3 Å². The van der Waals surface area contributed by atoms with Gasteiger partial charge >= 0.3 is 0 Å². The van der Waals surface area contributed by atoms with Crippen molar-refractivity contribution >= 4 is 40.5 Å².